The molecule has 3 heterocycles. The number of alkyl halides is 1. The molecule has 8 nitrogen and oxygen atoms in total. The maximum absolute atomic E-state index is 14.9. The van der Waals surface area contributed by atoms with Crippen molar-refractivity contribution in [2.45, 2.75) is 65.2 Å². The molecular weight excluding hydrogens is 566 g/mol. The Balaban J connectivity index is 1.69. The Morgan fingerprint density at radius 1 is 1.20 bits per heavy atom. The second-order valence-electron chi connectivity index (χ2n) is 11.9. The van der Waals surface area contributed by atoms with Gasteiger partial charge in [-0.05, 0) is 78.5 Å². The highest BCUT2D eigenvalue weighted by molar-refractivity contribution is 5.82. The molecule has 232 valence electrons. The number of carbonyl (C=O) groups excluding carboxylic acids is 1. The summed E-state index contributed by atoms with van der Waals surface area (Å²) < 4.78 is 29.2. The molecule has 0 saturated carbocycles. The van der Waals surface area contributed by atoms with E-state index in [4.69, 9.17) is 6.42 Å². The number of nitrogens with zero attached hydrogens (tertiary/aromatic N) is 3. The number of aliphatic carboxylic acids is 1. The van der Waals surface area contributed by atoms with E-state index in [0.717, 1.165) is 27.3 Å². The molecule has 2 aromatic heterocycles. The van der Waals surface area contributed by atoms with Crippen molar-refractivity contribution in [2.75, 3.05) is 19.6 Å². The average molecular weight is 605 g/mol. The summed E-state index contributed by atoms with van der Waals surface area (Å²) >= 11 is 0. The van der Waals surface area contributed by atoms with E-state index in [0.29, 0.717) is 48.4 Å². The van der Waals surface area contributed by atoms with Crippen LogP contribution < -0.4 is 10.9 Å². The van der Waals surface area contributed by atoms with Gasteiger partial charge in [0.15, 0.2) is 5.82 Å². The van der Waals surface area contributed by atoms with Crippen molar-refractivity contribution in [3.8, 4) is 23.5 Å². The number of carboxylic acid groups (broad SMARTS) is 1. The van der Waals surface area contributed by atoms with E-state index in [2.05, 4.69) is 16.2 Å². The molecule has 2 atom stereocenters. The predicted octanol–water partition coefficient (Wildman–Crippen LogP) is 4.76. The van der Waals surface area contributed by atoms with Crippen LogP contribution in [0.15, 0.2) is 47.5 Å². The number of pyridine rings is 2. The summed E-state index contributed by atoms with van der Waals surface area (Å²) in [5.74, 6) is -0.241. The summed E-state index contributed by atoms with van der Waals surface area (Å²) in [6.45, 7) is 8.74. The van der Waals surface area contributed by atoms with Crippen molar-refractivity contribution in [3.63, 3.8) is 0 Å². The number of aryl methyl sites for hydroxylation is 2. The normalized spacial score (nSPS) is 15.0. The molecule has 4 rings (SSSR count). The minimum atomic E-state index is -1.16. The molecule has 1 amide bonds. The van der Waals surface area contributed by atoms with Crippen LogP contribution in [-0.2, 0) is 16.0 Å². The van der Waals surface area contributed by atoms with Gasteiger partial charge in [0.25, 0.3) is 5.56 Å². The van der Waals surface area contributed by atoms with Gasteiger partial charge in [0.1, 0.15) is 17.9 Å². The van der Waals surface area contributed by atoms with Crippen LogP contribution in [0, 0.1) is 37.9 Å². The number of halogens is 2. The molecule has 0 bridgehead atoms. The van der Waals surface area contributed by atoms with Crippen molar-refractivity contribution in [2.24, 2.45) is 5.92 Å². The highest BCUT2D eigenvalue weighted by Gasteiger charge is 2.29. The highest BCUT2D eigenvalue weighted by atomic mass is 19.1. The molecule has 2 unspecified atom stereocenters. The zero-order chi connectivity index (χ0) is 32.1. The number of benzene rings is 1. The number of carboxylic acids is 1. The summed E-state index contributed by atoms with van der Waals surface area (Å²) in [7, 11) is 0. The molecule has 1 aliphatic rings. The Labute approximate surface area is 256 Å². The van der Waals surface area contributed by atoms with Crippen LogP contribution in [-0.4, -0.2) is 57.2 Å². The molecule has 0 radical (unpaired) electrons. The number of terminal acetylenes is 1. The van der Waals surface area contributed by atoms with E-state index >= 15 is 0 Å². The van der Waals surface area contributed by atoms with Gasteiger partial charge < -0.3 is 15.0 Å². The number of rotatable bonds is 12. The van der Waals surface area contributed by atoms with Crippen molar-refractivity contribution < 1.29 is 23.5 Å². The van der Waals surface area contributed by atoms with Crippen molar-refractivity contribution in [3.05, 3.63) is 86.8 Å². The number of carbonyl (C=O) groups is 2. The molecule has 0 spiro atoms. The zero-order valence-corrected chi connectivity index (χ0v) is 25.4. The number of hydrogen-bond donors (Lipinski definition) is 2. The first-order chi connectivity index (χ1) is 20.9. The van der Waals surface area contributed by atoms with Gasteiger partial charge in [-0.25, -0.2) is 13.8 Å². The lowest BCUT2D eigenvalue weighted by atomic mass is 9.92. The number of amides is 1. The van der Waals surface area contributed by atoms with Gasteiger partial charge in [-0.3, -0.25) is 19.3 Å². The fourth-order valence-corrected chi connectivity index (χ4v) is 5.67. The van der Waals surface area contributed by atoms with E-state index in [1.165, 1.54) is 12.4 Å². The minimum Gasteiger partial charge on any atom is -0.481 e. The van der Waals surface area contributed by atoms with E-state index in [1.807, 2.05) is 50.8 Å². The van der Waals surface area contributed by atoms with E-state index < -0.39 is 47.9 Å². The fourth-order valence-electron chi connectivity index (χ4n) is 5.67. The lowest BCUT2D eigenvalue weighted by molar-refractivity contribution is -0.138. The predicted molar refractivity (Wildman–Crippen MR) is 164 cm³/mol. The summed E-state index contributed by atoms with van der Waals surface area (Å²) in [6, 6.07) is 6.57. The second-order valence-corrected chi connectivity index (χ2v) is 11.9. The van der Waals surface area contributed by atoms with Gasteiger partial charge in [-0.2, -0.15) is 0 Å². The van der Waals surface area contributed by atoms with Gasteiger partial charge in [-0.15, -0.1) is 6.42 Å². The van der Waals surface area contributed by atoms with Crippen LogP contribution in [0.1, 0.15) is 66.7 Å². The monoisotopic (exact) mass is 604 g/mol. The molecule has 1 aromatic carbocycles. The van der Waals surface area contributed by atoms with Crippen molar-refractivity contribution in [1.29, 1.82) is 0 Å². The SMILES string of the molecule is C#Cc1ncc(C(CC(=O)O)NC(=O)C(CC(C)C)n2cc(CCN3CC(F)C3)cc(F)c2=O)cc1-c1c(C)cccc1C. The summed E-state index contributed by atoms with van der Waals surface area (Å²) in [4.78, 5) is 45.1. The molecule has 1 aliphatic heterocycles. The lowest BCUT2D eigenvalue weighted by Crippen LogP contribution is -2.49. The third-order valence-corrected chi connectivity index (χ3v) is 7.91. The molecular formula is C34H38F2N4O4. The Bertz CT molecular complexity index is 1620. The Kier molecular flexibility index (Phi) is 10.3. The largest absolute Gasteiger partial charge is 0.481 e. The van der Waals surface area contributed by atoms with Crippen LogP contribution in [0.3, 0.4) is 0 Å². The third kappa shape index (κ3) is 7.58. The number of nitrogens with one attached hydrogen (secondary N) is 1. The average Bonchev–Trinajstić information content (AvgIpc) is 2.94. The van der Waals surface area contributed by atoms with Gasteiger partial charge in [0, 0.05) is 37.6 Å². The molecule has 44 heavy (non-hydrogen) atoms. The van der Waals surface area contributed by atoms with E-state index in [-0.39, 0.29) is 12.3 Å². The Morgan fingerprint density at radius 2 is 1.89 bits per heavy atom. The van der Waals surface area contributed by atoms with E-state index in [1.54, 1.807) is 6.07 Å². The first-order valence-corrected chi connectivity index (χ1v) is 14.7. The first-order valence-electron chi connectivity index (χ1n) is 14.7. The summed E-state index contributed by atoms with van der Waals surface area (Å²) in [5.41, 5.74) is 3.77. The quantitative estimate of drug-likeness (QED) is 0.289. The molecule has 3 aromatic rings. The number of hydrogen-bond acceptors (Lipinski definition) is 5. The third-order valence-electron chi connectivity index (χ3n) is 7.91. The molecule has 0 aliphatic carbocycles. The second kappa shape index (κ2) is 14.0. The van der Waals surface area contributed by atoms with Crippen LogP contribution in [0.25, 0.3) is 11.1 Å². The van der Waals surface area contributed by atoms with Gasteiger partial charge in [0.05, 0.1) is 12.5 Å². The fraction of sp³-hybridized carbons (Fsp3) is 0.412. The Morgan fingerprint density at radius 3 is 2.48 bits per heavy atom. The zero-order valence-electron chi connectivity index (χ0n) is 25.4. The lowest BCUT2D eigenvalue weighted by Gasteiger charge is -2.34. The Hall–Kier alpha value is -4.36. The van der Waals surface area contributed by atoms with Gasteiger partial charge in [-0.1, -0.05) is 32.0 Å². The first kappa shape index (κ1) is 32.6. The van der Waals surface area contributed by atoms with Crippen molar-refractivity contribution >= 4 is 11.9 Å². The molecule has 1 saturated heterocycles. The van der Waals surface area contributed by atoms with Gasteiger partial charge >= 0.3 is 5.97 Å². The molecule has 1 fully saturated rings. The number of aromatic nitrogens is 2. The minimum absolute atomic E-state index is 0.0583. The summed E-state index contributed by atoms with van der Waals surface area (Å²) in [6.07, 6.45) is 7.92. The molecule has 2 N–H and O–H groups in total. The smallest absolute Gasteiger partial charge is 0.305 e. The summed E-state index contributed by atoms with van der Waals surface area (Å²) in [5, 5.41) is 12.6. The maximum Gasteiger partial charge on any atom is 0.305 e. The van der Waals surface area contributed by atoms with Gasteiger partial charge in [0.2, 0.25) is 5.91 Å². The van der Waals surface area contributed by atoms with Crippen LogP contribution >= 0.6 is 0 Å². The number of likely N-dealkylation sites (tertiary alicyclic amines) is 1. The van der Waals surface area contributed by atoms with E-state index in [9.17, 15) is 28.3 Å². The van der Waals surface area contributed by atoms with Crippen LogP contribution in [0.4, 0.5) is 8.78 Å². The topological polar surface area (TPSA) is 105 Å². The van der Waals surface area contributed by atoms with Crippen molar-refractivity contribution in [1.82, 2.24) is 19.8 Å². The van der Waals surface area contributed by atoms with Crippen LogP contribution in [0.5, 0.6) is 0 Å². The standard InChI is InChI=1S/C34H38F2N4O4/c1-6-28-26(32-21(4)8-7-9-22(32)5)14-24(16-37-28)29(15-31(41)42)38-33(43)30(12-20(2)3)40-17-23(13-27(36)34(40)44)10-11-39-18-25(35)19-39/h1,7-9,13-14,16-17,20,25,29-30H,10-12,15,18-19H2,2-5H3,(H,38,43)(H,41,42). The van der Waals surface area contributed by atoms with Crippen LogP contribution in [0.2, 0.25) is 0 Å². The maximum atomic E-state index is 14.9. The highest BCUT2D eigenvalue weighted by Crippen LogP contribution is 2.32. The molecule has 10 heteroatoms.